The summed E-state index contributed by atoms with van der Waals surface area (Å²) in [6.45, 7) is 10.8. The minimum atomic E-state index is 0.346. The average molecular weight is 233 g/mol. The Morgan fingerprint density at radius 1 is 1.53 bits per heavy atom. The van der Waals surface area contributed by atoms with Crippen LogP contribution in [0.3, 0.4) is 0 Å². The van der Waals surface area contributed by atoms with Gasteiger partial charge in [0, 0.05) is 19.7 Å². The van der Waals surface area contributed by atoms with Crippen molar-refractivity contribution in [1.82, 2.24) is 5.01 Å². The Morgan fingerprint density at radius 2 is 2.29 bits per heavy atom. The van der Waals surface area contributed by atoms with Crippen LogP contribution in [0, 0.1) is 0 Å². The van der Waals surface area contributed by atoms with Crippen molar-refractivity contribution < 1.29 is 0 Å². The van der Waals surface area contributed by atoms with Crippen molar-refractivity contribution >= 4 is 12.6 Å². The molecule has 0 aliphatic carbocycles. The monoisotopic (exact) mass is 233 g/mol. The highest BCUT2D eigenvalue weighted by atomic mass is 15.5. The van der Waals surface area contributed by atoms with Crippen molar-refractivity contribution in [2.24, 2.45) is 10.1 Å². The number of hydrazone groups is 1. The van der Waals surface area contributed by atoms with Crippen LogP contribution >= 0.6 is 0 Å². The lowest BCUT2D eigenvalue weighted by Gasteiger charge is -2.23. The molecule has 1 aliphatic rings. The Labute approximate surface area is 105 Å². The van der Waals surface area contributed by atoms with Gasteiger partial charge >= 0.3 is 0 Å². The number of nitrogens with zero attached hydrogens (tertiary/aromatic N) is 3. The van der Waals surface area contributed by atoms with Crippen LogP contribution < -0.4 is 0 Å². The van der Waals surface area contributed by atoms with E-state index in [1.54, 1.807) is 0 Å². The third kappa shape index (κ3) is 3.29. The standard InChI is InChI=1S/C14H23N3/c1-5-8-9-12(6-2)13-10-11-14(16-7-3)17(13)15-4/h5,8-9,13H,4,6-7,10-11H2,1-3H3/b8-5-,12-9+,16-14-. The van der Waals surface area contributed by atoms with E-state index in [1.807, 2.05) is 11.9 Å². The van der Waals surface area contributed by atoms with E-state index in [0.717, 1.165) is 31.6 Å². The number of allylic oxidation sites excluding steroid dienone is 3. The van der Waals surface area contributed by atoms with E-state index in [1.165, 1.54) is 5.57 Å². The summed E-state index contributed by atoms with van der Waals surface area (Å²) in [6, 6.07) is 0.346. The molecule has 0 aromatic carbocycles. The molecule has 0 saturated carbocycles. The van der Waals surface area contributed by atoms with Gasteiger partial charge in [-0.05, 0) is 32.3 Å². The van der Waals surface area contributed by atoms with Gasteiger partial charge in [-0.2, -0.15) is 5.10 Å². The summed E-state index contributed by atoms with van der Waals surface area (Å²) in [7, 11) is 0. The molecule has 1 heterocycles. The Kier molecular flexibility index (Phi) is 5.67. The van der Waals surface area contributed by atoms with Gasteiger partial charge in [-0.25, -0.2) is 5.01 Å². The zero-order valence-electron chi connectivity index (χ0n) is 11.2. The highest BCUT2D eigenvalue weighted by Crippen LogP contribution is 2.27. The van der Waals surface area contributed by atoms with E-state index in [9.17, 15) is 0 Å². The lowest BCUT2D eigenvalue weighted by molar-refractivity contribution is 0.389. The zero-order valence-corrected chi connectivity index (χ0v) is 11.2. The molecule has 94 valence electrons. The van der Waals surface area contributed by atoms with E-state index in [0.29, 0.717) is 6.04 Å². The molecule has 0 amide bonds. The summed E-state index contributed by atoms with van der Waals surface area (Å²) in [5.41, 5.74) is 1.40. The minimum Gasteiger partial charge on any atom is -0.271 e. The van der Waals surface area contributed by atoms with Crippen LogP contribution in [0.2, 0.25) is 0 Å². The lowest BCUT2D eigenvalue weighted by Crippen LogP contribution is -2.29. The molecule has 3 nitrogen and oxygen atoms in total. The van der Waals surface area contributed by atoms with E-state index >= 15 is 0 Å². The number of hydrogen-bond acceptors (Lipinski definition) is 2. The molecule has 1 fully saturated rings. The number of rotatable bonds is 5. The molecule has 0 N–H and O–H groups in total. The second-order valence-electron chi connectivity index (χ2n) is 4.05. The fourth-order valence-corrected chi connectivity index (χ4v) is 2.22. The Bertz CT molecular complexity index is 339. The quantitative estimate of drug-likeness (QED) is 0.528. The molecule has 0 spiro atoms. The van der Waals surface area contributed by atoms with Gasteiger partial charge in [0.25, 0.3) is 0 Å². The van der Waals surface area contributed by atoms with Crippen LogP contribution in [0.4, 0.5) is 0 Å². The van der Waals surface area contributed by atoms with E-state index in [4.69, 9.17) is 0 Å². The smallest absolute Gasteiger partial charge is 0.120 e. The van der Waals surface area contributed by atoms with Gasteiger partial charge in [0.15, 0.2) is 0 Å². The Balaban J connectivity index is 2.91. The SMILES string of the molecule is C=NN1/C(=N\CC)CCC1/C(=C/C=C\C)CC. The molecule has 0 bridgehead atoms. The summed E-state index contributed by atoms with van der Waals surface area (Å²) < 4.78 is 0. The predicted octanol–water partition coefficient (Wildman–Crippen LogP) is 3.40. The van der Waals surface area contributed by atoms with Crippen LogP contribution in [-0.2, 0) is 0 Å². The van der Waals surface area contributed by atoms with Crippen molar-refractivity contribution in [3.05, 3.63) is 23.8 Å². The van der Waals surface area contributed by atoms with Crippen molar-refractivity contribution in [2.75, 3.05) is 6.54 Å². The first-order valence-corrected chi connectivity index (χ1v) is 6.39. The maximum atomic E-state index is 4.49. The molecule has 1 atom stereocenters. The second kappa shape index (κ2) is 7.05. The summed E-state index contributed by atoms with van der Waals surface area (Å²) in [6.07, 6.45) is 9.48. The summed E-state index contributed by atoms with van der Waals surface area (Å²) >= 11 is 0. The van der Waals surface area contributed by atoms with Gasteiger partial charge < -0.3 is 0 Å². The highest BCUT2D eigenvalue weighted by Gasteiger charge is 2.30. The molecular formula is C14H23N3. The minimum absolute atomic E-state index is 0.346. The van der Waals surface area contributed by atoms with Crippen molar-refractivity contribution in [2.45, 2.75) is 46.1 Å². The first-order valence-electron chi connectivity index (χ1n) is 6.39. The highest BCUT2D eigenvalue weighted by molar-refractivity contribution is 5.85. The fraction of sp³-hybridized carbons (Fsp3) is 0.571. The molecule has 0 aromatic rings. The zero-order chi connectivity index (χ0) is 12.7. The third-order valence-corrected chi connectivity index (χ3v) is 3.03. The first-order chi connectivity index (χ1) is 8.28. The van der Waals surface area contributed by atoms with Crippen LogP contribution in [0.1, 0.15) is 40.0 Å². The van der Waals surface area contributed by atoms with Gasteiger partial charge in [-0.1, -0.05) is 25.2 Å². The number of amidine groups is 1. The van der Waals surface area contributed by atoms with E-state index < -0.39 is 0 Å². The van der Waals surface area contributed by atoms with Gasteiger partial charge in [-0.15, -0.1) is 0 Å². The Hall–Kier alpha value is -1.38. The molecule has 17 heavy (non-hydrogen) atoms. The molecule has 1 unspecified atom stereocenters. The molecular weight excluding hydrogens is 210 g/mol. The maximum Gasteiger partial charge on any atom is 0.120 e. The fourth-order valence-electron chi connectivity index (χ4n) is 2.22. The maximum absolute atomic E-state index is 4.49. The lowest BCUT2D eigenvalue weighted by atomic mass is 10.0. The van der Waals surface area contributed by atoms with Crippen molar-refractivity contribution in [3.8, 4) is 0 Å². The van der Waals surface area contributed by atoms with Crippen LogP contribution in [0.25, 0.3) is 0 Å². The molecule has 1 saturated heterocycles. The molecule has 1 rings (SSSR count). The Morgan fingerprint density at radius 3 is 2.82 bits per heavy atom. The number of aliphatic imine (C=N–C) groups is 1. The summed E-state index contributed by atoms with van der Waals surface area (Å²) in [5.74, 6) is 1.08. The third-order valence-electron chi connectivity index (χ3n) is 3.03. The second-order valence-corrected chi connectivity index (χ2v) is 4.05. The first kappa shape index (κ1) is 13.7. The van der Waals surface area contributed by atoms with Crippen LogP contribution in [-0.4, -0.2) is 30.1 Å². The van der Waals surface area contributed by atoms with E-state index in [2.05, 4.69) is 48.9 Å². The largest absolute Gasteiger partial charge is 0.271 e. The summed E-state index contributed by atoms with van der Waals surface area (Å²) in [4.78, 5) is 4.49. The molecule has 3 heteroatoms. The van der Waals surface area contributed by atoms with Crippen LogP contribution in [0.15, 0.2) is 33.9 Å². The topological polar surface area (TPSA) is 28.0 Å². The van der Waals surface area contributed by atoms with Gasteiger partial charge in [0.2, 0.25) is 0 Å². The predicted molar refractivity (Wildman–Crippen MR) is 75.6 cm³/mol. The molecule has 0 radical (unpaired) electrons. The van der Waals surface area contributed by atoms with Crippen molar-refractivity contribution in [1.29, 1.82) is 0 Å². The molecule has 1 aliphatic heterocycles. The molecule has 0 aromatic heterocycles. The average Bonchev–Trinajstić information content (AvgIpc) is 2.74. The van der Waals surface area contributed by atoms with Gasteiger partial charge in [-0.3, -0.25) is 4.99 Å². The van der Waals surface area contributed by atoms with Crippen molar-refractivity contribution in [3.63, 3.8) is 0 Å². The normalized spacial score (nSPS) is 23.9. The number of hydrogen-bond donors (Lipinski definition) is 0. The van der Waals surface area contributed by atoms with Gasteiger partial charge in [0.05, 0.1) is 6.04 Å². The summed E-state index contributed by atoms with van der Waals surface area (Å²) in [5, 5.41) is 6.12. The van der Waals surface area contributed by atoms with Gasteiger partial charge in [0.1, 0.15) is 5.84 Å². The van der Waals surface area contributed by atoms with E-state index in [-0.39, 0.29) is 0 Å². The van der Waals surface area contributed by atoms with Crippen LogP contribution in [0.5, 0.6) is 0 Å².